The van der Waals surface area contributed by atoms with Crippen LogP contribution < -0.4 is 10.3 Å². The lowest BCUT2D eigenvalue weighted by Crippen LogP contribution is -2.11. The van der Waals surface area contributed by atoms with Crippen LogP contribution in [-0.4, -0.2) is 17.1 Å². The molecule has 17 heavy (non-hydrogen) atoms. The van der Waals surface area contributed by atoms with Crippen molar-refractivity contribution < 1.29 is 4.74 Å². The van der Waals surface area contributed by atoms with E-state index in [4.69, 9.17) is 4.74 Å². The molecule has 0 bridgehead atoms. The number of aromatic nitrogens is 2. The second-order valence-electron chi connectivity index (χ2n) is 3.66. The molecule has 1 aromatic heterocycles. The first-order valence-corrected chi connectivity index (χ1v) is 5.47. The zero-order valence-electron chi connectivity index (χ0n) is 9.86. The average molecular weight is 230 g/mol. The Kier molecular flexibility index (Phi) is 3.23. The van der Waals surface area contributed by atoms with Gasteiger partial charge in [0, 0.05) is 5.56 Å². The van der Waals surface area contributed by atoms with Crippen LogP contribution in [0.2, 0.25) is 0 Å². The predicted octanol–water partition coefficient (Wildman–Crippen LogP) is 2.01. The average Bonchev–Trinajstić information content (AvgIpc) is 2.38. The van der Waals surface area contributed by atoms with E-state index in [0.717, 1.165) is 12.0 Å². The zero-order valence-corrected chi connectivity index (χ0v) is 9.86. The normalized spacial score (nSPS) is 10.2. The molecule has 4 nitrogen and oxygen atoms in total. The van der Waals surface area contributed by atoms with Crippen LogP contribution in [0, 0.1) is 0 Å². The number of aryl methyl sites for hydroxylation is 1. The van der Waals surface area contributed by atoms with Crippen molar-refractivity contribution in [2.45, 2.75) is 13.3 Å². The molecule has 0 fully saturated rings. The Hall–Kier alpha value is -2.10. The second kappa shape index (κ2) is 4.82. The van der Waals surface area contributed by atoms with Crippen LogP contribution in [0.3, 0.4) is 0 Å². The SMILES string of the molecule is CCc1ccc(-c2nc[nH]c(=O)c2OC)cc1. The molecule has 0 saturated carbocycles. The van der Waals surface area contributed by atoms with Crippen LogP contribution in [0.4, 0.5) is 0 Å². The zero-order chi connectivity index (χ0) is 12.3. The van der Waals surface area contributed by atoms with Gasteiger partial charge in [0.1, 0.15) is 5.69 Å². The number of aromatic amines is 1. The summed E-state index contributed by atoms with van der Waals surface area (Å²) >= 11 is 0. The van der Waals surface area contributed by atoms with Gasteiger partial charge >= 0.3 is 0 Å². The first-order chi connectivity index (χ1) is 8.26. The smallest absolute Gasteiger partial charge is 0.293 e. The maximum atomic E-state index is 11.5. The van der Waals surface area contributed by atoms with Gasteiger partial charge in [-0.2, -0.15) is 0 Å². The molecule has 0 saturated heterocycles. The minimum Gasteiger partial charge on any atom is -0.490 e. The Morgan fingerprint density at radius 2 is 2.00 bits per heavy atom. The van der Waals surface area contributed by atoms with Gasteiger partial charge in [0.25, 0.3) is 5.56 Å². The summed E-state index contributed by atoms with van der Waals surface area (Å²) in [6.07, 6.45) is 2.37. The van der Waals surface area contributed by atoms with E-state index in [2.05, 4.69) is 16.9 Å². The van der Waals surface area contributed by atoms with Gasteiger partial charge in [-0.25, -0.2) is 4.98 Å². The molecule has 88 valence electrons. The lowest BCUT2D eigenvalue weighted by Gasteiger charge is -2.06. The van der Waals surface area contributed by atoms with Crippen molar-refractivity contribution in [3.63, 3.8) is 0 Å². The summed E-state index contributed by atoms with van der Waals surface area (Å²) < 4.78 is 5.08. The van der Waals surface area contributed by atoms with Gasteiger partial charge in [0.15, 0.2) is 0 Å². The maximum Gasteiger partial charge on any atom is 0.293 e. The van der Waals surface area contributed by atoms with Gasteiger partial charge in [-0.1, -0.05) is 31.2 Å². The van der Waals surface area contributed by atoms with Crippen molar-refractivity contribution in [1.29, 1.82) is 0 Å². The molecule has 0 aliphatic rings. The first kappa shape index (κ1) is 11.4. The van der Waals surface area contributed by atoms with E-state index in [1.807, 2.05) is 24.3 Å². The Morgan fingerprint density at radius 1 is 1.29 bits per heavy atom. The molecule has 4 heteroatoms. The highest BCUT2D eigenvalue weighted by molar-refractivity contribution is 5.65. The minimum absolute atomic E-state index is 0.247. The van der Waals surface area contributed by atoms with Gasteiger partial charge < -0.3 is 9.72 Å². The molecule has 0 unspecified atom stereocenters. The van der Waals surface area contributed by atoms with Crippen molar-refractivity contribution >= 4 is 0 Å². The largest absolute Gasteiger partial charge is 0.490 e. The molecule has 0 aliphatic heterocycles. The molecular formula is C13H14N2O2. The lowest BCUT2D eigenvalue weighted by atomic mass is 10.1. The summed E-state index contributed by atoms with van der Waals surface area (Å²) in [5.41, 5.74) is 2.43. The summed E-state index contributed by atoms with van der Waals surface area (Å²) in [5.74, 6) is 0.247. The Bertz CT molecular complexity index is 558. The molecule has 2 aromatic rings. The molecule has 0 atom stereocenters. The highest BCUT2D eigenvalue weighted by Crippen LogP contribution is 2.23. The number of ether oxygens (including phenoxy) is 1. The van der Waals surface area contributed by atoms with Gasteiger partial charge in [-0.05, 0) is 12.0 Å². The fraction of sp³-hybridized carbons (Fsp3) is 0.231. The van der Waals surface area contributed by atoms with Crippen molar-refractivity contribution in [1.82, 2.24) is 9.97 Å². The number of H-pyrrole nitrogens is 1. The van der Waals surface area contributed by atoms with Gasteiger partial charge in [-0.3, -0.25) is 4.79 Å². The molecule has 0 amide bonds. The van der Waals surface area contributed by atoms with Crippen molar-refractivity contribution in [3.8, 4) is 17.0 Å². The molecule has 0 aliphatic carbocycles. The fourth-order valence-electron chi connectivity index (χ4n) is 1.68. The van der Waals surface area contributed by atoms with Crippen molar-refractivity contribution in [3.05, 3.63) is 46.5 Å². The summed E-state index contributed by atoms with van der Waals surface area (Å²) in [7, 11) is 1.47. The topological polar surface area (TPSA) is 55.0 Å². The quantitative estimate of drug-likeness (QED) is 0.877. The van der Waals surface area contributed by atoms with Crippen LogP contribution in [0.15, 0.2) is 35.4 Å². The van der Waals surface area contributed by atoms with Crippen LogP contribution in [0.1, 0.15) is 12.5 Å². The third-order valence-electron chi connectivity index (χ3n) is 2.65. The molecule has 0 radical (unpaired) electrons. The number of methoxy groups -OCH3 is 1. The van der Waals surface area contributed by atoms with Crippen molar-refractivity contribution in [2.75, 3.05) is 7.11 Å². The third kappa shape index (κ3) is 2.20. The van der Waals surface area contributed by atoms with Crippen LogP contribution in [-0.2, 0) is 6.42 Å². The maximum absolute atomic E-state index is 11.5. The van der Waals surface area contributed by atoms with E-state index in [1.54, 1.807) is 0 Å². The lowest BCUT2D eigenvalue weighted by molar-refractivity contribution is 0.408. The summed E-state index contributed by atoms with van der Waals surface area (Å²) in [6, 6.07) is 7.95. The van der Waals surface area contributed by atoms with Crippen LogP contribution >= 0.6 is 0 Å². The minimum atomic E-state index is -0.267. The number of nitrogens with zero attached hydrogens (tertiary/aromatic N) is 1. The Balaban J connectivity index is 2.52. The van der Waals surface area contributed by atoms with E-state index in [9.17, 15) is 4.79 Å². The molecule has 2 rings (SSSR count). The molecule has 1 aromatic carbocycles. The van der Waals surface area contributed by atoms with Gasteiger partial charge in [-0.15, -0.1) is 0 Å². The molecule has 0 spiro atoms. The highest BCUT2D eigenvalue weighted by atomic mass is 16.5. The van der Waals surface area contributed by atoms with E-state index in [1.165, 1.54) is 19.0 Å². The predicted molar refractivity (Wildman–Crippen MR) is 66.2 cm³/mol. The fourth-order valence-corrected chi connectivity index (χ4v) is 1.68. The van der Waals surface area contributed by atoms with E-state index in [0.29, 0.717) is 5.69 Å². The standard InChI is InChI=1S/C13H14N2O2/c1-3-9-4-6-10(7-5-9)11-12(17-2)13(16)15-8-14-11/h4-8H,3H2,1-2H3,(H,14,15,16). The van der Waals surface area contributed by atoms with Crippen molar-refractivity contribution in [2.24, 2.45) is 0 Å². The number of hydrogen-bond acceptors (Lipinski definition) is 3. The second-order valence-corrected chi connectivity index (χ2v) is 3.66. The molecule has 1 heterocycles. The first-order valence-electron chi connectivity index (χ1n) is 5.47. The number of benzene rings is 1. The molecular weight excluding hydrogens is 216 g/mol. The number of hydrogen-bond donors (Lipinski definition) is 1. The monoisotopic (exact) mass is 230 g/mol. The number of rotatable bonds is 3. The van der Waals surface area contributed by atoms with Gasteiger partial charge in [0.2, 0.25) is 5.75 Å². The Morgan fingerprint density at radius 3 is 2.59 bits per heavy atom. The summed E-state index contributed by atoms with van der Waals surface area (Å²) in [4.78, 5) is 18.2. The van der Waals surface area contributed by atoms with E-state index < -0.39 is 0 Å². The van der Waals surface area contributed by atoms with Gasteiger partial charge in [0.05, 0.1) is 13.4 Å². The highest BCUT2D eigenvalue weighted by Gasteiger charge is 2.10. The third-order valence-corrected chi connectivity index (χ3v) is 2.65. The summed E-state index contributed by atoms with van der Waals surface area (Å²) in [5, 5.41) is 0. The number of nitrogens with one attached hydrogen (secondary N) is 1. The van der Waals surface area contributed by atoms with Crippen LogP contribution in [0.25, 0.3) is 11.3 Å². The molecule has 1 N–H and O–H groups in total. The van der Waals surface area contributed by atoms with E-state index in [-0.39, 0.29) is 11.3 Å². The van der Waals surface area contributed by atoms with Crippen LogP contribution in [0.5, 0.6) is 5.75 Å². The summed E-state index contributed by atoms with van der Waals surface area (Å²) in [6.45, 7) is 2.10. The Labute approximate surface area is 99.3 Å². The van der Waals surface area contributed by atoms with E-state index >= 15 is 0 Å².